The van der Waals surface area contributed by atoms with Crippen LogP contribution in [-0.2, 0) is 22.5 Å². The highest BCUT2D eigenvalue weighted by Gasteiger charge is 2.22. The van der Waals surface area contributed by atoms with Crippen molar-refractivity contribution in [2.24, 2.45) is 5.73 Å². The van der Waals surface area contributed by atoms with E-state index in [9.17, 15) is 9.36 Å². The van der Waals surface area contributed by atoms with Crippen molar-refractivity contribution in [3.8, 4) is 5.75 Å². The Hall–Kier alpha value is -2.20. The molecule has 0 saturated heterocycles. The molecule has 182 valence electrons. The molecule has 4 N–H and O–H groups in total. The summed E-state index contributed by atoms with van der Waals surface area (Å²) in [6.07, 6.45) is -0.921. The van der Waals surface area contributed by atoms with Crippen LogP contribution in [-0.4, -0.2) is 25.4 Å². The largest absolute Gasteiger partial charge is 0.524 e. The standard InChI is InChI=1S/C21H22Cl2N3O6PS/c1-12(2)19-20(34-17-8-14(22)7-15(23)9-17)26(18(25-19)11-31-21(24)27)10-13-3-5-16(6-4-13)32-33(28,29)30/h3-9,12H,10-11H2,1-2H3,(H2,24,27)(H2,28,29,30). The zero-order valence-electron chi connectivity index (χ0n) is 18.1. The van der Waals surface area contributed by atoms with Crippen LogP contribution in [0.15, 0.2) is 52.4 Å². The Morgan fingerprint density at radius 2 is 1.79 bits per heavy atom. The molecule has 2 aromatic carbocycles. The summed E-state index contributed by atoms with van der Waals surface area (Å²) in [6.45, 7) is 4.18. The number of carbonyl (C=O) groups excluding carboxylic acids is 1. The van der Waals surface area contributed by atoms with E-state index in [2.05, 4.69) is 4.52 Å². The van der Waals surface area contributed by atoms with Gasteiger partial charge in [0.2, 0.25) is 0 Å². The molecule has 1 heterocycles. The molecule has 0 radical (unpaired) electrons. The van der Waals surface area contributed by atoms with E-state index in [4.69, 9.17) is 48.4 Å². The van der Waals surface area contributed by atoms with Crippen molar-refractivity contribution in [3.63, 3.8) is 0 Å². The van der Waals surface area contributed by atoms with Gasteiger partial charge in [-0.2, -0.15) is 0 Å². The van der Waals surface area contributed by atoms with Crippen LogP contribution in [0.2, 0.25) is 10.0 Å². The lowest BCUT2D eigenvalue weighted by atomic mass is 10.1. The topological polar surface area (TPSA) is 137 Å². The normalized spacial score (nSPS) is 11.6. The molecule has 34 heavy (non-hydrogen) atoms. The molecule has 13 heteroatoms. The van der Waals surface area contributed by atoms with Crippen LogP contribution in [0, 0.1) is 0 Å². The number of nitrogens with zero attached hydrogens (tertiary/aromatic N) is 2. The Morgan fingerprint density at radius 1 is 1.18 bits per heavy atom. The van der Waals surface area contributed by atoms with Crippen molar-refractivity contribution in [2.75, 3.05) is 0 Å². The van der Waals surface area contributed by atoms with Gasteiger partial charge in [-0.25, -0.2) is 14.3 Å². The second kappa shape index (κ2) is 11.0. The summed E-state index contributed by atoms with van der Waals surface area (Å²) in [4.78, 5) is 34.7. The van der Waals surface area contributed by atoms with Crippen LogP contribution in [0.25, 0.3) is 0 Å². The lowest BCUT2D eigenvalue weighted by Crippen LogP contribution is -2.15. The maximum atomic E-state index is 11.2. The minimum absolute atomic E-state index is 0.0334. The number of aromatic nitrogens is 2. The van der Waals surface area contributed by atoms with Crippen molar-refractivity contribution >= 4 is 48.9 Å². The Balaban J connectivity index is 2.02. The van der Waals surface area contributed by atoms with Crippen molar-refractivity contribution in [3.05, 3.63) is 69.6 Å². The monoisotopic (exact) mass is 545 g/mol. The lowest BCUT2D eigenvalue weighted by molar-refractivity contribution is 0.145. The molecule has 0 bridgehead atoms. The van der Waals surface area contributed by atoms with Crippen molar-refractivity contribution in [2.45, 2.75) is 42.8 Å². The Bertz CT molecular complexity index is 1210. The van der Waals surface area contributed by atoms with Gasteiger partial charge < -0.3 is 19.6 Å². The number of ether oxygens (including phenoxy) is 1. The van der Waals surface area contributed by atoms with E-state index in [0.717, 1.165) is 21.2 Å². The fourth-order valence-electron chi connectivity index (χ4n) is 3.07. The average Bonchev–Trinajstić information content (AvgIpc) is 3.03. The summed E-state index contributed by atoms with van der Waals surface area (Å²) < 4.78 is 22.6. The third-order valence-electron chi connectivity index (χ3n) is 4.45. The summed E-state index contributed by atoms with van der Waals surface area (Å²) in [5.41, 5.74) is 6.73. The second-order valence-corrected chi connectivity index (χ2v) is 10.6. The van der Waals surface area contributed by atoms with Gasteiger partial charge in [0.15, 0.2) is 6.61 Å². The number of hydrogen-bond acceptors (Lipinski definition) is 6. The highest BCUT2D eigenvalue weighted by molar-refractivity contribution is 7.99. The van der Waals surface area contributed by atoms with Crippen LogP contribution in [0.1, 0.15) is 36.8 Å². The first kappa shape index (κ1) is 26.4. The number of phosphoric acid groups is 1. The number of primary amides is 1. The number of hydrogen-bond donors (Lipinski definition) is 3. The predicted molar refractivity (Wildman–Crippen MR) is 129 cm³/mol. The van der Waals surface area contributed by atoms with Crippen molar-refractivity contribution in [1.82, 2.24) is 9.55 Å². The molecular formula is C21H22Cl2N3O6PS. The van der Waals surface area contributed by atoms with Gasteiger partial charge >= 0.3 is 13.9 Å². The van der Waals surface area contributed by atoms with Gasteiger partial charge in [0.25, 0.3) is 0 Å². The van der Waals surface area contributed by atoms with E-state index in [-0.39, 0.29) is 18.3 Å². The van der Waals surface area contributed by atoms with Crippen LogP contribution in [0.5, 0.6) is 5.75 Å². The molecule has 0 atom stereocenters. The lowest BCUT2D eigenvalue weighted by Gasteiger charge is -2.14. The van der Waals surface area contributed by atoms with Gasteiger partial charge in [-0.3, -0.25) is 9.79 Å². The Morgan fingerprint density at radius 3 is 2.32 bits per heavy atom. The smallest absolute Gasteiger partial charge is 0.442 e. The molecule has 0 fully saturated rings. The molecule has 0 saturated carbocycles. The van der Waals surface area contributed by atoms with Gasteiger partial charge in [0.1, 0.15) is 16.6 Å². The number of benzene rings is 2. The molecule has 3 rings (SSSR count). The van der Waals surface area contributed by atoms with Gasteiger partial charge in [-0.05, 0) is 41.8 Å². The average molecular weight is 546 g/mol. The number of rotatable bonds is 9. The first-order valence-corrected chi connectivity index (χ1v) is 13.0. The van der Waals surface area contributed by atoms with Crippen LogP contribution in [0.4, 0.5) is 4.79 Å². The highest BCUT2D eigenvalue weighted by Crippen LogP contribution is 2.39. The molecular weight excluding hydrogens is 524 g/mol. The number of halogens is 2. The molecule has 0 aliphatic rings. The van der Waals surface area contributed by atoms with Crippen LogP contribution < -0.4 is 10.3 Å². The number of phosphoric ester groups is 1. The maximum Gasteiger partial charge on any atom is 0.524 e. The molecule has 0 unspecified atom stereocenters. The van der Waals surface area contributed by atoms with Gasteiger partial charge in [-0.15, -0.1) is 0 Å². The van der Waals surface area contributed by atoms with Crippen LogP contribution in [0.3, 0.4) is 0 Å². The summed E-state index contributed by atoms with van der Waals surface area (Å²) in [7, 11) is -4.66. The third kappa shape index (κ3) is 7.40. The van der Waals surface area contributed by atoms with Crippen molar-refractivity contribution < 1.29 is 28.4 Å². The molecule has 9 nitrogen and oxygen atoms in total. The first-order chi connectivity index (χ1) is 15.9. The van der Waals surface area contributed by atoms with Gasteiger partial charge in [0, 0.05) is 21.5 Å². The van der Waals surface area contributed by atoms with E-state index in [1.165, 1.54) is 23.9 Å². The number of nitrogens with two attached hydrogens (primary N) is 1. The zero-order chi connectivity index (χ0) is 25.0. The molecule has 0 spiro atoms. The number of carbonyl (C=O) groups is 1. The van der Waals surface area contributed by atoms with Crippen LogP contribution >= 0.6 is 42.8 Å². The van der Waals surface area contributed by atoms with Crippen molar-refractivity contribution in [1.29, 1.82) is 0 Å². The quantitative estimate of drug-likeness (QED) is 0.296. The summed E-state index contributed by atoms with van der Waals surface area (Å²) >= 11 is 13.8. The number of imidazole rings is 1. The zero-order valence-corrected chi connectivity index (χ0v) is 21.4. The Labute approximate surface area is 210 Å². The first-order valence-electron chi connectivity index (χ1n) is 9.91. The van der Waals surface area contributed by atoms with Gasteiger partial charge in [0.05, 0.1) is 5.69 Å². The molecule has 3 aromatic rings. The minimum atomic E-state index is -4.66. The van der Waals surface area contributed by atoms with E-state index >= 15 is 0 Å². The van der Waals surface area contributed by atoms with Gasteiger partial charge in [-0.1, -0.05) is 60.9 Å². The summed E-state index contributed by atoms with van der Waals surface area (Å²) in [5.74, 6) is 0.560. The van der Waals surface area contributed by atoms with E-state index in [1.54, 1.807) is 30.3 Å². The maximum absolute atomic E-state index is 11.2. The molecule has 0 aliphatic heterocycles. The van der Waals surface area contributed by atoms with E-state index in [0.29, 0.717) is 22.4 Å². The van der Waals surface area contributed by atoms with E-state index in [1.807, 2.05) is 18.4 Å². The highest BCUT2D eigenvalue weighted by atomic mass is 35.5. The third-order valence-corrected chi connectivity index (χ3v) is 6.43. The predicted octanol–water partition coefficient (Wildman–Crippen LogP) is 5.58. The van der Waals surface area contributed by atoms with E-state index < -0.39 is 13.9 Å². The Kier molecular flexibility index (Phi) is 8.57. The molecule has 1 aromatic heterocycles. The minimum Gasteiger partial charge on any atom is -0.442 e. The summed E-state index contributed by atoms with van der Waals surface area (Å²) in [5, 5.41) is 1.78. The fraction of sp³-hybridized carbons (Fsp3) is 0.238. The molecule has 1 amide bonds. The fourth-order valence-corrected chi connectivity index (χ4v) is 5.38. The molecule has 0 aliphatic carbocycles. The SMILES string of the molecule is CC(C)c1nc(COC(N)=O)n(Cc2ccc(OP(=O)(O)O)cc2)c1Sc1cc(Cl)cc(Cl)c1. The second-order valence-electron chi connectivity index (χ2n) is 7.50. The number of amides is 1. The summed E-state index contributed by atoms with van der Waals surface area (Å²) in [6, 6.07) is 11.5.